The van der Waals surface area contributed by atoms with E-state index in [1.54, 1.807) is 26.2 Å². The van der Waals surface area contributed by atoms with E-state index in [4.69, 9.17) is 4.74 Å². The van der Waals surface area contributed by atoms with Crippen molar-refractivity contribution in [2.45, 2.75) is 25.8 Å². The molecule has 25 heavy (non-hydrogen) atoms. The highest BCUT2D eigenvalue weighted by Gasteiger charge is 2.27. The Morgan fingerprint density at radius 2 is 2.04 bits per heavy atom. The van der Waals surface area contributed by atoms with Gasteiger partial charge in [0.05, 0.1) is 13.7 Å². The lowest BCUT2D eigenvalue weighted by molar-refractivity contribution is -0.117. The molecule has 3 rings (SSSR count). The zero-order valence-corrected chi connectivity index (χ0v) is 14.6. The molecule has 0 saturated carbocycles. The normalized spacial score (nSPS) is 17.5. The molecule has 1 amide bonds. The van der Waals surface area contributed by atoms with E-state index in [2.05, 4.69) is 22.3 Å². The van der Waals surface area contributed by atoms with Gasteiger partial charge in [-0.15, -0.1) is 0 Å². The minimum absolute atomic E-state index is 0.122. The fraction of sp³-hybridized carbons (Fsp3) is 0.350. The van der Waals surface area contributed by atoms with Gasteiger partial charge in [-0.2, -0.15) is 0 Å². The molecule has 4 nitrogen and oxygen atoms in total. The Morgan fingerprint density at radius 1 is 1.28 bits per heavy atom. The number of anilines is 1. The van der Waals surface area contributed by atoms with Crippen LogP contribution in [0.4, 0.5) is 10.1 Å². The summed E-state index contributed by atoms with van der Waals surface area (Å²) in [5.41, 5.74) is 2.25. The first-order chi connectivity index (χ1) is 12.1. The van der Waals surface area contributed by atoms with E-state index in [0.717, 1.165) is 25.1 Å². The van der Waals surface area contributed by atoms with Crippen LogP contribution in [0.15, 0.2) is 42.5 Å². The third-order valence-corrected chi connectivity index (χ3v) is 4.67. The molecule has 1 atom stereocenters. The molecule has 1 N–H and O–H groups in total. The van der Waals surface area contributed by atoms with Crippen molar-refractivity contribution in [3.63, 3.8) is 0 Å². The highest BCUT2D eigenvalue weighted by molar-refractivity contribution is 5.92. The van der Waals surface area contributed by atoms with Gasteiger partial charge >= 0.3 is 0 Å². The van der Waals surface area contributed by atoms with Gasteiger partial charge in [-0.05, 0) is 61.7 Å². The smallest absolute Gasteiger partial charge is 0.238 e. The molecular weight excluding hydrogens is 319 g/mol. The first kappa shape index (κ1) is 17.4. The predicted octanol–water partition coefficient (Wildman–Crippen LogP) is 3.92. The molecule has 2 aromatic rings. The van der Waals surface area contributed by atoms with E-state index in [0.29, 0.717) is 17.8 Å². The van der Waals surface area contributed by atoms with Crippen molar-refractivity contribution in [1.29, 1.82) is 0 Å². The van der Waals surface area contributed by atoms with Crippen molar-refractivity contribution in [2.75, 3.05) is 25.5 Å². The van der Waals surface area contributed by atoms with E-state index in [1.807, 2.05) is 12.1 Å². The molecule has 1 aliphatic heterocycles. The maximum Gasteiger partial charge on any atom is 0.238 e. The zero-order chi connectivity index (χ0) is 17.8. The Hall–Kier alpha value is -2.40. The van der Waals surface area contributed by atoms with Crippen molar-refractivity contribution < 1.29 is 13.9 Å². The number of nitrogens with zero attached hydrogens (tertiary/aromatic N) is 1. The van der Waals surface area contributed by atoms with Crippen molar-refractivity contribution in [2.24, 2.45) is 0 Å². The van der Waals surface area contributed by atoms with Crippen molar-refractivity contribution in [3.05, 3.63) is 59.4 Å². The third-order valence-electron chi connectivity index (χ3n) is 4.67. The van der Waals surface area contributed by atoms with E-state index in [9.17, 15) is 9.18 Å². The van der Waals surface area contributed by atoms with E-state index in [1.165, 1.54) is 11.6 Å². The lowest BCUT2D eigenvalue weighted by atomic mass is 10.0. The molecule has 0 unspecified atom stereocenters. The number of benzene rings is 2. The molecule has 1 saturated heterocycles. The number of nitrogens with one attached hydrogen (secondary N) is 1. The van der Waals surface area contributed by atoms with Crippen LogP contribution in [0, 0.1) is 12.7 Å². The quantitative estimate of drug-likeness (QED) is 0.895. The fourth-order valence-electron chi connectivity index (χ4n) is 3.27. The Kier molecular flexibility index (Phi) is 5.34. The van der Waals surface area contributed by atoms with Gasteiger partial charge < -0.3 is 10.1 Å². The second-order valence-electron chi connectivity index (χ2n) is 6.41. The molecule has 0 bridgehead atoms. The summed E-state index contributed by atoms with van der Waals surface area (Å²) in [7, 11) is 1.65. The molecule has 5 heteroatoms. The molecule has 0 aliphatic carbocycles. The average Bonchev–Trinajstić information content (AvgIpc) is 3.06. The standard InChI is InChI=1S/C20H23FN2O2/c1-14-5-8-16(12-18(14)21)22-20(24)13-23-11-3-4-19(23)15-6-9-17(25-2)10-7-15/h5-10,12,19H,3-4,11,13H2,1-2H3,(H,22,24)/t19-/m1/s1. The minimum Gasteiger partial charge on any atom is -0.497 e. The van der Waals surface area contributed by atoms with Crippen LogP contribution in [0.25, 0.3) is 0 Å². The summed E-state index contributed by atoms with van der Waals surface area (Å²) in [6.07, 6.45) is 2.09. The summed E-state index contributed by atoms with van der Waals surface area (Å²) in [6, 6.07) is 13.0. The van der Waals surface area contributed by atoms with E-state index >= 15 is 0 Å². The maximum atomic E-state index is 13.6. The first-order valence-corrected chi connectivity index (χ1v) is 8.51. The second kappa shape index (κ2) is 7.66. The van der Waals surface area contributed by atoms with Crippen LogP contribution in [0.2, 0.25) is 0 Å². The Morgan fingerprint density at radius 3 is 2.72 bits per heavy atom. The summed E-state index contributed by atoms with van der Waals surface area (Å²) in [5.74, 6) is 0.395. The van der Waals surface area contributed by atoms with Crippen LogP contribution in [0.5, 0.6) is 5.75 Å². The summed E-state index contributed by atoms with van der Waals surface area (Å²) in [4.78, 5) is 14.5. The Bertz CT molecular complexity index is 746. The number of halogens is 1. The third kappa shape index (κ3) is 4.17. The molecule has 1 fully saturated rings. The second-order valence-corrected chi connectivity index (χ2v) is 6.41. The number of carbonyl (C=O) groups is 1. The van der Waals surface area contributed by atoms with Gasteiger partial charge in [-0.3, -0.25) is 9.69 Å². The number of hydrogen-bond acceptors (Lipinski definition) is 3. The molecule has 0 aromatic heterocycles. The molecule has 0 radical (unpaired) electrons. The highest BCUT2D eigenvalue weighted by Crippen LogP contribution is 2.32. The van der Waals surface area contributed by atoms with Crippen LogP contribution in [-0.2, 0) is 4.79 Å². The molecule has 132 valence electrons. The largest absolute Gasteiger partial charge is 0.497 e. The monoisotopic (exact) mass is 342 g/mol. The molecule has 0 spiro atoms. The number of likely N-dealkylation sites (tertiary alicyclic amines) is 1. The van der Waals surface area contributed by atoms with Crippen molar-refractivity contribution in [3.8, 4) is 5.75 Å². The average molecular weight is 342 g/mol. The van der Waals surface area contributed by atoms with Crippen molar-refractivity contribution in [1.82, 2.24) is 4.90 Å². The molecular formula is C20H23FN2O2. The van der Waals surface area contributed by atoms with Gasteiger partial charge in [-0.25, -0.2) is 4.39 Å². The number of ether oxygens (including phenoxy) is 1. The van der Waals surface area contributed by atoms with Gasteiger partial charge in [0, 0.05) is 11.7 Å². The lowest BCUT2D eigenvalue weighted by Gasteiger charge is -2.24. The summed E-state index contributed by atoms with van der Waals surface area (Å²) in [5, 5.41) is 2.79. The lowest BCUT2D eigenvalue weighted by Crippen LogP contribution is -2.32. The fourth-order valence-corrected chi connectivity index (χ4v) is 3.27. The topological polar surface area (TPSA) is 41.6 Å². The predicted molar refractivity (Wildman–Crippen MR) is 96.3 cm³/mol. The van der Waals surface area contributed by atoms with Crippen LogP contribution < -0.4 is 10.1 Å². The van der Waals surface area contributed by atoms with Gasteiger partial charge in [0.1, 0.15) is 11.6 Å². The first-order valence-electron chi connectivity index (χ1n) is 8.51. The summed E-state index contributed by atoms with van der Waals surface area (Å²) in [6.45, 7) is 2.88. The van der Waals surface area contributed by atoms with Crippen LogP contribution in [-0.4, -0.2) is 31.0 Å². The van der Waals surface area contributed by atoms with Gasteiger partial charge in [0.2, 0.25) is 5.91 Å². The Balaban J connectivity index is 1.63. The number of methoxy groups -OCH3 is 1. The maximum absolute atomic E-state index is 13.6. The van der Waals surface area contributed by atoms with Gasteiger partial charge in [-0.1, -0.05) is 18.2 Å². The van der Waals surface area contributed by atoms with E-state index in [-0.39, 0.29) is 17.8 Å². The van der Waals surface area contributed by atoms with Crippen LogP contribution in [0.1, 0.15) is 30.0 Å². The number of aryl methyl sites for hydroxylation is 1. The van der Waals surface area contributed by atoms with Crippen LogP contribution in [0.3, 0.4) is 0 Å². The number of hydrogen-bond donors (Lipinski definition) is 1. The Labute approximate surface area is 147 Å². The summed E-state index contributed by atoms with van der Waals surface area (Å²) < 4.78 is 18.8. The number of amides is 1. The highest BCUT2D eigenvalue weighted by atomic mass is 19.1. The SMILES string of the molecule is COc1ccc([C@H]2CCCN2CC(=O)Nc2ccc(C)c(F)c2)cc1. The molecule has 1 aliphatic rings. The number of rotatable bonds is 5. The molecule has 2 aromatic carbocycles. The number of carbonyl (C=O) groups excluding carboxylic acids is 1. The van der Waals surface area contributed by atoms with Crippen molar-refractivity contribution >= 4 is 11.6 Å². The van der Waals surface area contributed by atoms with E-state index < -0.39 is 0 Å². The van der Waals surface area contributed by atoms with Gasteiger partial charge in [0.15, 0.2) is 0 Å². The zero-order valence-electron chi connectivity index (χ0n) is 14.6. The van der Waals surface area contributed by atoms with Gasteiger partial charge in [0.25, 0.3) is 0 Å². The summed E-state index contributed by atoms with van der Waals surface area (Å²) >= 11 is 0. The minimum atomic E-state index is -0.310. The van der Waals surface area contributed by atoms with Crippen LogP contribution >= 0.6 is 0 Å². The molecule has 1 heterocycles.